The van der Waals surface area contributed by atoms with Gasteiger partial charge in [-0.25, -0.2) is 4.98 Å². The number of piperazine rings is 1. The van der Waals surface area contributed by atoms with Crippen LogP contribution in [0.2, 0.25) is 0 Å². The second-order valence-corrected chi connectivity index (χ2v) is 6.30. The van der Waals surface area contributed by atoms with Crippen LogP contribution in [0.4, 0.5) is 5.82 Å². The quantitative estimate of drug-likeness (QED) is 0.795. The van der Waals surface area contributed by atoms with E-state index in [0.717, 1.165) is 32.0 Å². The van der Waals surface area contributed by atoms with Crippen molar-refractivity contribution < 1.29 is 9.53 Å². The highest BCUT2D eigenvalue weighted by Gasteiger charge is 2.25. The van der Waals surface area contributed by atoms with Gasteiger partial charge in [0.2, 0.25) is 5.91 Å². The molecule has 1 amide bonds. The van der Waals surface area contributed by atoms with Gasteiger partial charge in [-0.1, -0.05) is 0 Å². The molecule has 2 aliphatic heterocycles. The molecule has 7 nitrogen and oxygen atoms in total. The van der Waals surface area contributed by atoms with E-state index in [2.05, 4.69) is 20.9 Å². The molecule has 2 fully saturated rings. The zero-order valence-corrected chi connectivity index (χ0v) is 14.0. The highest BCUT2D eigenvalue weighted by atomic mass is 16.5. The number of ether oxygens (including phenoxy) is 1. The van der Waals surface area contributed by atoms with Crippen molar-refractivity contribution >= 4 is 11.7 Å². The molecule has 0 bridgehead atoms. The summed E-state index contributed by atoms with van der Waals surface area (Å²) >= 11 is 0. The summed E-state index contributed by atoms with van der Waals surface area (Å²) in [6.45, 7) is 7.74. The predicted molar refractivity (Wildman–Crippen MR) is 89.6 cm³/mol. The summed E-state index contributed by atoms with van der Waals surface area (Å²) in [6, 6.07) is 5.67. The minimum absolute atomic E-state index is 0.123. The molecule has 1 unspecified atom stereocenters. The fraction of sp³-hybridized carbons (Fsp3) is 0.588. The Morgan fingerprint density at radius 1 is 1.38 bits per heavy atom. The van der Waals surface area contributed by atoms with E-state index in [1.807, 2.05) is 17.9 Å². The van der Waals surface area contributed by atoms with Gasteiger partial charge in [-0.15, -0.1) is 0 Å². The number of nitriles is 1. The van der Waals surface area contributed by atoms with Crippen LogP contribution < -0.4 is 4.90 Å². The highest BCUT2D eigenvalue weighted by molar-refractivity contribution is 5.78. The van der Waals surface area contributed by atoms with Crippen molar-refractivity contribution in [1.82, 2.24) is 14.8 Å². The van der Waals surface area contributed by atoms with Gasteiger partial charge in [-0.05, 0) is 19.1 Å². The van der Waals surface area contributed by atoms with E-state index in [4.69, 9.17) is 10.00 Å². The molecule has 24 heavy (non-hydrogen) atoms. The van der Waals surface area contributed by atoms with Crippen molar-refractivity contribution in [3.8, 4) is 6.07 Å². The van der Waals surface area contributed by atoms with Gasteiger partial charge in [0.25, 0.3) is 0 Å². The second-order valence-electron chi connectivity index (χ2n) is 6.30. The summed E-state index contributed by atoms with van der Waals surface area (Å²) in [6.07, 6.45) is 1.79. The Kier molecular flexibility index (Phi) is 5.28. The normalized spacial score (nSPS) is 22.2. The molecule has 0 spiro atoms. The Morgan fingerprint density at radius 2 is 2.17 bits per heavy atom. The van der Waals surface area contributed by atoms with Crippen molar-refractivity contribution in [2.75, 3.05) is 57.3 Å². The van der Waals surface area contributed by atoms with Gasteiger partial charge in [-0.2, -0.15) is 5.26 Å². The second kappa shape index (κ2) is 7.60. The third kappa shape index (κ3) is 4.02. The Morgan fingerprint density at radius 3 is 2.88 bits per heavy atom. The van der Waals surface area contributed by atoms with Crippen LogP contribution in [0.1, 0.15) is 12.5 Å². The van der Waals surface area contributed by atoms with Crippen LogP contribution in [0.15, 0.2) is 18.3 Å². The Hall–Kier alpha value is -2.17. The zero-order chi connectivity index (χ0) is 16.9. The summed E-state index contributed by atoms with van der Waals surface area (Å²) in [5.41, 5.74) is 0.624. The fourth-order valence-corrected chi connectivity index (χ4v) is 3.13. The molecule has 0 aromatic carbocycles. The van der Waals surface area contributed by atoms with Crippen molar-refractivity contribution in [1.29, 1.82) is 5.26 Å². The summed E-state index contributed by atoms with van der Waals surface area (Å²) in [7, 11) is 0. The summed E-state index contributed by atoms with van der Waals surface area (Å²) < 4.78 is 5.49. The van der Waals surface area contributed by atoms with Crippen LogP contribution in [-0.4, -0.2) is 79.2 Å². The van der Waals surface area contributed by atoms with Crippen LogP contribution >= 0.6 is 0 Å². The van der Waals surface area contributed by atoms with Gasteiger partial charge in [0.1, 0.15) is 5.82 Å². The number of carbonyl (C=O) groups excluding carboxylic acids is 1. The number of amides is 1. The predicted octanol–water partition coefficient (Wildman–Crippen LogP) is 0.323. The van der Waals surface area contributed by atoms with Crippen LogP contribution in [-0.2, 0) is 9.53 Å². The number of hydrogen-bond donors (Lipinski definition) is 0. The van der Waals surface area contributed by atoms with E-state index in [9.17, 15) is 4.79 Å². The van der Waals surface area contributed by atoms with Gasteiger partial charge >= 0.3 is 0 Å². The number of morpholine rings is 1. The standard InChI is InChI=1S/C17H23N5O2/c1-14-12-22(8-9-24-14)17(23)13-20-4-6-21(7-5-20)16-10-15(11-18)2-3-19-16/h2-3,10,14H,4-9,12-13H2,1H3. The molecule has 0 aliphatic carbocycles. The number of aromatic nitrogens is 1. The molecule has 7 heteroatoms. The largest absolute Gasteiger partial charge is 0.375 e. The van der Waals surface area contributed by atoms with Gasteiger partial charge < -0.3 is 14.5 Å². The number of carbonyl (C=O) groups is 1. The first-order valence-electron chi connectivity index (χ1n) is 8.38. The fourth-order valence-electron chi connectivity index (χ4n) is 3.13. The molecular weight excluding hydrogens is 306 g/mol. The summed E-state index contributed by atoms with van der Waals surface area (Å²) in [4.78, 5) is 23.0. The lowest BCUT2D eigenvalue weighted by atomic mass is 10.2. The zero-order valence-electron chi connectivity index (χ0n) is 14.0. The van der Waals surface area contributed by atoms with E-state index < -0.39 is 0 Å². The number of hydrogen-bond acceptors (Lipinski definition) is 6. The molecule has 1 aromatic heterocycles. The molecule has 0 saturated carbocycles. The Bertz CT molecular complexity index is 622. The van der Waals surface area contributed by atoms with E-state index in [1.54, 1.807) is 12.3 Å². The molecule has 0 radical (unpaired) electrons. The SMILES string of the molecule is CC1CN(C(=O)CN2CCN(c3cc(C#N)ccn3)CC2)CCO1. The maximum atomic E-state index is 12.4. The summed E-state index contributed by atoms with van der Waals surface area (Å²) in [5.74, 6) is 1.02. The van der Waals surface area contributed by atoms with Gasteiger partial charge in [0, 0.05) is 45.5 Å². The average molecular weight is 329 g/mol. The lowest BCUT2D eigenvalue weighted by Crippen LogP contribution is -2.52. The van der Waals surface area contributed by atoms with Crippen molar-refractivity contribution in [2.24, 2.45) is 0 Å². The van der Waals surface area contributed by atoms with Crippen molar-refractivity contribution in [3.63, 3.8) is 0 Å². The van der Waals surface area contributed by atoms with Crippen LogP contribution in [0, 0.1) is 11.3 Å². The summed E-state index contributed by atoms with van der Waals surface area (Å²) in [5, 5.41) is 8.99. The maximum Gasteiger partial charge on any atom is 0.236 e. The first kappa shape index (κ1) is 16.7. The minimum Gasteiger partial charge on any atom is -0.375 e. The Balaban J connectivity index is 1.50. The van der Waals surface area contributed by atoms with Gasteiger partial charge in [0.05, 0.1) is 30.9 Å². The van der Waals surface area contributed by atoms with Gasteiger partial charge in [-0.3, -0.25) is 9.69 Å². The molecule has 2 saturated heterocycles. The topological polar surface area (TPSA) is 72.7 Å². The molecule has 3 rings (SSSR count). The third-order valence-corrected chi connectivity index (χ3v) is 4.52. The van der Waals surface area contributed by atoms with Crippen LogP contribution in [0.5, 0.6) is 0 Å². The number of nitrogens with zero attached hydrogens (tertiary/aromatic N) is 5. The van der Waals surface area contributed by atoms with Gasteiger partial charge in [0.15, 0.2) is 0 Å². The van der Waals surface area contributed by atoms with Crippen LogP contribution in [0.3, 0.4) is 0 Å². The smallest absolute Gasteiger partial charge is 0.236 e. The first-order valence-corrected chi connectivity index (χ1v) is 8.38. The third-order valence-electron chi connectivity index (χ3n) is 4.52. The number of pyridine rings is 1. The van der Waals surface area contributed by atoms with Crippen molar-refractivity contribution in [3.05, 3.63) is 23.9 Å². The molecule has 1 aromatic rings. The first-order chi connectivity index (χ1) is 11.7. The van der Waals surface area contributed by atoms with E-state index in [0.29, 0.717) is 31.8 Å². The highest BCUT2D eigenvalue weighted by Crippen LogP contribution is 2.15. The Labute approximate surface area is 142 Å². The minimum atomic E-state index is 0.123. The van der Waals surface area contributed by atoms with E-state index in [1.165, 1.54) is 0 Å². The molecule has 2 aliphatic rings. The monoisotopic (exact) mass is 329 g/mol. The lowest BCUT2D eigenvalue weighted by molar-refractivity contribution is -0.139. The van der Waals surface area contributed by atoms with Crippen LogP contribution in [0.25, 0.3) is 0 Å². The van der Waals surface area contributed by atoms with E-state index in [-0.39, 0.29) is 12.0 Å². The molecule has 128 valence electrons. The lowest BCUT2D eigenvalue weighted by Gasteiger charge is -2.37. The van der Waals surface area contributed by atoms with Crippen molar-refractivity contribution in [2.45, 2.75) is 13.0 Å². The average Bonchev–Trinajstić information content (AvgIpc) is 2.62. The molecule has 0 N–H and O–H groups in total. The van der Waals surface area contributed by atoms with E-state index >= 15 is 0 Å². The molecule has 1 atom stereocenters. The maximum absolute atomic E-state index is 12.4. The molecular formula is C17H23N5O2. The number of anilines is 1. The molecule has 3 heterocycles. The number of rotatable bonds is 3.